The van der Waals surface area contributed by atoms with Gasteiger partial charge in [0.05, 0.1) is 7.11 Å². The molecule has 7 nitrogen and oxygen atoms in total. The summed E-state index contributed by atoms with van der Waals surface area (Å²) in [6, 6.07) is 7.33. The highest BCUT2D eigenvalue weighted by Crippen LogP contribution is 2.29. The summed E-state index contributed by atoms with van der Waals surface area (Å²) < 4.78 is 10.6. The van der Waals surface area contributed by atoms with Gasteiger partial charge in [0.25, 0.3) is 11.1 Å². The van der Waals surface area contributed by atoms with Crippen LogP contribution in [0.3, 0.4) is 0 Å². The fraction of sp³-hybridized carbons (Fsp3) is 0.471. The number of carbonyl (C=O) groups is 1. The highest BCUT2D eigenvalue weighted by molar-refractivity contribution is 7.14. The van der Waals surface area contributed by atoms with Crippen molar-refractivity contribution in [3.63, 3.8) is 0 Å². The third kappa shape index (κ3) is 3.59. The molecule has 8 heteroatoms. The monoisotopic (exact) mass is 360 g/mol. The molecular formula is C17H20N4O3S. The van der Waals surface area contributed by atoms with Crippen LogP contribution in [0.25, 0.3) is 0 Å². The van der Waals surface area contributed by atoms with E-state index < -0.39 is 0 Å². The van der Waals surface area contributed by atoms with Crippen molar-refractivity contribution >= 4 is 17.2 Å². The number of methoxy groups -OCH3 is 1. The normalized spacial score (nSPS) is 24.8. The van der Waals surface area contributed by atoms with Gasteiger partial charge in [0.2, 0.25) is 0 Å². The minimum Gasteiger partial charge on any atom is -0.472 e. The van der Waals surface area contributed by atoms with Crippen LogP contribution in [0.4, 0.5) is 0 Å². The predicted octanol–water partition coefficient (Wildman–Crippen LogP) is 2.16. The molecule has 4 heterocycles. The minimum absolute atomic E-state index is 0.0251. The maximum absolute atomic E-state index is 12.5. The first kappa shape index (κ1) is 16.3. The Hall–Kier alpha value is -2.19. The lowest BCUT2D eigenvalue weighted by Crippen LogP contribution is -2.57. The van der Waals surface area contributed by atoms with Crippen LogP contribution < -0.4 is 14.8 Å². The summed E-state index contributed by atoms with van der Waals surface area (Å²) in [7, 11) is 1.53. The first-order chi connectivity index (χ1) is 12.2. The standard InChI is InChI=1S/C17H20N4O3S/c1-23-16-19-20-17(25-16)24-13-4-2-12(3-5-13)15(22)18-14-10-21-8-6-11(14)7-9-21/h2-5,11,14H,6-10H2,1H3,(H,18,22). The molecule has 3 fully saturated rings. The second kappa shape index (κ2) is 6.97. The van der Waals surface area contributed by atoms with Gasteiger partial charge in [0, 0.05) is 18.2 Å². The number of amides is 1. The Morgan fingerprint density at radius 1 is 1.20 bits per heavy atom. The van der Waals surface area contributed by atoms with Crippen molar-refractivity contribution in [2.75, 3.05) is 26.7 Å². The van der Waals surface area contributed by atoms with Crippen molar-refractivity contribution in [1.82, 2.24) is 20.4 Å². The molecule has 1 N–H and O–H groups in total. The lowest BCUT2D eigenvalue weighted by atomic mass is 9.84. The van der Waals surface area contributed by atoms with E-state index in [1.807, 2.05) is 0 Å². The average Bonchev–Trinajstić information content (AvgIpc) is 3.11. The highest BCUT2D eigenvalue weighted by atomic mass is 32.1. The molecule has 1 aromatic heterocycles. The molecule has 2 aromatic rings. The third-order valence-electron chi connectivity index (χ3n) is 4.86. The zero-order valence-corrected chi connectivity index (χ0v) is 14.8. The van der Waals surface area contributed by atoms with E-state index in [1.54, 1.807) is 24.3 Å². The highest BCUT2D eigenvalue weighted by Gasteiger charge is 2.34. The van der Waals surface area contributed by atoms with E-state index in [2.05, 4.69) is 20.4 Å². The molecule has 0 radical (unpaired) electrons. The van der Waals surface area contributed by atoms with Crippen LogP contribution in [0.1, 0.15) is 23.2 Å². The SMILES string of the molecule is COc1nnc(Oc2ccc(C(=O)NC3CN4CCC3CC4)cc2)s1. The van der Waals surface area contributed by atoms with Crippen molar-refractivity contribution in [3.8, 4) is 16.1 Å². The first-order valence-corrected chi connectivity index (χ1v) is 9.21. The van der Waals surface area contributed by atoms with Crippen LogP contribution in [0.15, 0.2) is 24.3 Å². The number of aromatic nitrogens is 2. The molecule has 3 aliphatic heterocycles. The molecule has 0 spiro atoms. The Balaban J connectivity index is 1.37. The van der Waals surface area contributed by atoms with Crippen LogP contribution in [0.5, 0.6) is 16.1 Å². The smallest absolute Gasteiger partial charge is 0.302 e. The second-order valence-electron chi connectivity index (χ2n) is 6.38. The molecule has 1 aromatic carbocycles. The van der Waals surface area contributed by atoms with E-state index in [1.165, 1.54) is 44.4 Å². The van der Waals surface area contributed by atoms with Gasteiger partial charge >= 0.3 is 5.19 Å². The number of piperidine rings is 3. The Bertz CT molecular complexity index is 741. The summed E-state index contributed by atoms with van der Waals surface area (Å²) >= 11 is 1.22. The van der Waals surface area contributed by atoms with Gasteiger partial charge in [-0.2, -0.15) is 0 Å². The summed E-state index contributed by atoms with van der Waals surface area (Å²) in [5.74, 6) is 1.20. The number of hydrogen-bond acceptors (Lipinski definition) is 7. The number of rotatable bonds is 5. The Morgan fingerprint density at radius 2 is 1.92 bits per heavy atom. The maximum Gasteiger partial charge on any atom is 0.302 e. The van der Waals surface area contributed by atoms with Crippen molar-refractivity contribution < 1.29 is 14.3 Å². The number of nitrogens with one attached hydrogen (secondary N) is 1. The van der Waals surface area contributed by atoms with Gasteiger partial charge in [-0.3, -0.25) is 4.79 Å². The van der Waals surface area contributed by atoms with Crippen molar-refractivity contribution in [2.24, 2.45) is 5.92 Å². The number of ether oxygens (including phenoxy) is 2. The maximum atomic E-state index is 12.5. The van der Waals surface area contributed by atoms with E-state index in [9.17, 15) is 4.79 Å². The lowest BCUT2D eigenvalue weighted by molar-refractivity contribution is 0.0620. The summed E-state index contributed by atoms with van der Waals surface area (Å²) in [5.41, 5.74) is 0.638. The van der Waals surface area contributed by atoms with E-state index in [4.69, 9.17) is 9.47 Å². The van der Waals surface area contributed by atoms with Gasteiger partial charge in [0.15, 0.2) is 0 Å². The summed E-state index contributed by atoms with van der Waals surface area (Å²) in [4.78, 5) is 14.9. The Morgan fingerprint density at radius 3 is 2.52 bits per heavy atom. The largest absolute Gasteiger partial charge is 0.472 e. The number of benzene rings is 1. The number of nitrogens with zero attached hydrogens (tertiary/aromatic N) is 3. The van der Waals surface area contributed by atoms with Gasteiger partial charge in [-0.25, -0.2) is 0 Å². The molecule has 3 saturated heterocycles. The van der Waals surface area contributed by atoms with Crippen LogP contribution in [0.2, 0.25) is 0 Å². The molecular weight excluding hydrogens is 340 g/mol. The van der Waals surface area contributed by atoms with Gasteiger partial charge < -0.3 is 19.7 Å². The number of hydrogen-bond donors (Lipinski definition) is 1. The zero-order valence-electron chi connectivity index (χ0n) is 14.0. The fourth-order valence-electron chi connectivity index (χ4n) is 3.48. The molecule has 1 amide bonds. The number of carbonyl (C=O) groups excluding carboxylic acids is 1. The fourth-order valence-corrected chi connectivity index (χ4v) is 4.01. The van der Waals surface area contributed by atoms with E-state index in [0.29, 0.717) is 27.6 Å². The first-order valence-electron chi connectivity index (χ1n) is 8.40. The molecule has 2 bridgehead atoms. The van der Waals surface area contributed by atoms with Crippen molar-refractivity contribution in [2.45, 2.75) is 18.9 Å². The molecule has 1 atom stereocenters. The summed E-state index contributed by atoms with van der Waals surface area (Å²) in [5, 5.41) is 11.7. The minimum atomic E-state index is -0.0251. The third-order valence-corrected chi connectivity index (χ3v) is 5.62. The number of fused-ring (bicyclic) bond motifs is 3. The zero-order chi connectivity index (χ0) is 17.2. The van der Waals surface area contributed by atoms with E-state index >= 15 is 0 Å². The molecule has 25 heavy (non-hydrogen) atoms. The van der Waals surface area contributed by atoms with Crippen molar-refractivity contribution in [3.05, 3.63) is 29.8 Å². The molecule has 1 unspecified atom stereocenters. The molecule has 5 rings (SSSR count). The average molecular weight is 360 g/mol. The van der Waals surface area contributed by atoms with Crippen molar-refractivity contribution in [1.29, 1.82) is 0 Å². The second-order valence-corrected chi connectivity index (χ2v) is 7.29. The molecule has 3 aliphatic rings. The predicted molar refractivity (Wildman–Crippen MR) is 93.4 cm³/mol. The van der Waals surface area contributed by atoms with E-state index in [0.717, 1.165) is 6.54 Å². The van der Waals surface area contributed by atoms with Gasteiger partial charge in [-0.15, -0.1) is 0 Å². The molecule has 0 aliphatic carbocycles. The Labute approximate surface area is 150 Å². The summed E-state index contributed by atoms with van der Waals surface area (Å²) in [6.45, 7) is 3.30. The molecule has 0 saturated carbocycles. The van der Waals surface area contributed by atoms with Gasteiger partial charge in [0.1, 0.15) is 5.75 Å². The quantitative estimate of drug-likeness (QED) is 0.881. The topological polar surface area (TPSA) is 76.6 Å². The van der Waals surface area contributed by atoms with Gasteiger partial charge in [-0.1, -0.05) is 10.2 Å². The summed E-state index contributed by atoms with van der Waals surface area (Å²) in [6.07, 6.45) is 2.37. The van der Waals surface area contributed by atoms with Crippen LogP contribution in [-0.2, 0) is 0 Å². The Kier molecular flexibility index (Phi) is 4.54. The van der Waals surface area contributed by atoms with Gasteiger partial charge in [-0.05, 0) is 67.5 Å². The van der Waals surface area contributed by atoms with E-state index in [-0.39, 0.29) is 11.9 Å². The van der Waals surface area contributed by atoms with Crippen LogP contribution in [-0.4, -0.2) is 53.8 Å². The van der Waals surface area contributed by atoms with Crippen LogP contribution in [0, 0.1) is 5.92 Å². The van der Waals surface area contributed by atoms with Crippen LogP contribution >= 0.6 is 11.3 Å². The lowest BCUT2D eigenvalue weighted by Gasteiger charge is -2.44. The molecule has 132 valence electrons.